The lowest BCUT2D eigenvalue weighted by atomic mass is 9.46. The number of alkyl halides is 1. The maximum Gasteiger partial charge on any atom is 0.190 e. The van der Waals surface area contributed by atoms with Crippen LogP contribution in [0.25, 0.3) is 0 Å². The summed E-state index contributed by atoms with van der Waals surface area (Å²) in [5, 5.41) is 21.0. The molecule has 6 heteroatoms. The van der Waals surface area contributed by atoms with Crippen molar-refractivity contribution in [3.8, 4) is 0 Å². The highest BCUT2D eigenvalue weighted by atomic mass is 19.1. The summed E-state index contributed by atoms with van der Waals surface area (Å²) in [6.45, 7) is 5.00. The number of halogens is 1. The van der Waals surface area contributed by atoms with Crippen LogP contribution < -0.4 is 0 Å². The molecular weight excluding hydrogens is 363 g/mol. The lowest BCUT2D eigenvalue weighted by Crippen LogP contribution is -2.63. The molecule has 1 heterocycles. The SMILES string of the molecule is C[C@H]1C[C@H]2[C@@H]3C[C@@H](F)C4=CC(=O)C=C[C@]4(C)[C@@]34O[C@H]4C[C@]2(C)[C@@]1(O)C(=O)CO. The van der Waals surface area contributed by atoms with Crippen molar-refractivity contribution in [1.82, 2.24) is 0 Å². The van der Waals surface area contributed by atoms with E-state index >= 15 is 4.39 Å². The van der Waals surface area contributed by atoms with Crippen molar-refractivity contribution in [2.45, 2.75) is 63.5 Å². The zero-order chi connectivity index (χ0) is 20.3. The van der Waals surface area contributed by atoms with Gasteiger partial charge in [0.1, 0.15) is 24.0 Å². The molecular formula is C22H27FO5. The van der Waals surface area contributed by atoms with Gasteiger partial charge in [-0.25, -0.2) is 4.39 Å². The second kappa shape index (κ2) is 5.21. The van der Waals surface area contributed by atoms with E-state index in [9.17, 15) is 19.8 Å². The molecule has 0 aromatic rings. The van der Waals surface area contributed by atoms with Gasteiger partial charge in [0.15, 0.2) is 11.6 Å². The van der Waals surface area contributed by atoms with E-state index in [1.807, 2.05) is 20.8 Å². The molecule has 0 radical (unpaired) electrons. The number of hydrogen-bond acceptors (Lipinski definition) is 5. The third-order valence-electron chi connectivity index (χ3n) is 9.07. The van der Waals surface area contributed by atoms with Crippen LogP contribution in [-0.2, 0) is 14.3 Å². The van der Waals surface area contributed by atoms with Crippen molar-refractivity contribution in [3.05, 3.63) is 23.8 Å². The molecule has 0 aromatic heterocycles. The second-order valence-electron chi connectivity index (χ2n) is 9.96. The number of aliphatic hydroxyl groups is 2. The van der Waals surface area contributed by atoms with Gasteiger partial charge in [0.05, 0.1) is 6.10 Å². The summed E-state index contributed by atoms with van der Waals surface area (Å²) in [5.41, 5.74) is -3.19. The van der Waals surface area contributed by atoms with Crippen LogP contribution in [0.3, 0.4) is 0 Å². The number of Topliss-reactive ketones (excluding diaryl/α,β-unsaturated/α-hetero) is 1. The smallest absolute Gasteiger partial charge is 0.190 e. The summed E-state index contributed by atoms with van der Waals surface area (Å²) in [7, 11) is 0. The maximum atomic E-state index is 15.3. The molecule has 0 bridgehead atoms. The topological polar surface area (TPSA) is 87.1 Å². The first-order chi connectivity index (χ1) is 13.1. The maximum absolute atomic E-state index is 15.3. The number of carbonyl (C=O) groups is 2. The first kappa shape index (κ1) is 18.6. The monoisotopic (exact) mass is 390 g/mol. The van der Waals surface area contributed by atoms with Gasteiger partial charge in [0.2, 0.25) is 0 Å². The van der Waals surface area contributed by atoms with Crippen LogP contribution >= 0.6 is 0 Å². The molecule has 0 unspecified atom stereocenters. The van der Waals surface area contributed by atoms with Gasteiger partial charge < -0.3 is 14.9 Å². The highest BCUT2D eigenvalue weighted by Gasteiger charge is 2.82. The molecule has 2 N–H and O–H groups in total. The van der Waals surface area contributed by atoms with Gasteiger partial charge in [-0.2, -0.15) is 0 Å². The van der Waals surface area contributed by atoms with Gasteiger partial charge >= 0.3 is 0 Å². The molecule has 1 spiro atoms. The van der Waals surface area contributed by atoms with Crippen LogP contribution in [0.4, 0.5) is 4.39 Å². The third kappa shape index (κ3) is 1.75. The van der Waals surface area contributed by atoms with Gasteiger partial charge in [0, 0.05) is 10.8 Å². The first-order valence-corrected chi connectivity index (χ1v) is 10.2. The molecule has 5 rings (SSSR count). The molecule has 3 saturated carbocycles. The predicted octanol–water partition coefficient (Wildman–Crippen LogP) is 1.91. The van der Waals surface area contributed by atoms with Crippen molar-refractivity contribution in [2.24, 2.45) is 28.6 Å². The van der Waals surface area contributed by atoms with Crippen molar-refractivity contribution < 1.29 is 28.9 Å². The van der Waals surface area contributed by atoms with E-state index < -0.39 is 40.6 Å². The average Bonchev–Trinajstić information content (AvgIpc) is 3.34. The molecule has 0 aromatic carbocycles. The fourth-order valence-electron chi connectivity index (χ4n) is 7.69. The van der Waals surface area contributed by atoms with Crippen LogP contribution in [0.2, 0.25) is 0 Å². The number of aliphatic hydroxyl groups excluding tert-OH is 1. The number of ether oxygens (including phenoxy) is 1. The van der Waals surface area contributed by atoms with Crippen molar-refractivity contribution in [2.75, 3.05) is 6.61 Å². The molecule has 4 aliphatic carbocycles. The van der Waals surface area contributed by atoms with Crippen LogP contribution in [-0.4, -0.2) is 51.9 Å². The number of carbonyl (C=O) groups excluding carboxylic acids is 2. The van der Waals surface area contributed by atoms with Crippen LogP contribution in [0, 0.1) is 28.6 Å². The Morgan fingerprint density at radius 1 is 1.32 bits per heavy atom. The molecule has 0 amide bonds. The quantitative estimate of drug-likeness (QED) is 0.704. The highest BCUT2D eigenvalue weighted by Crippen LogP contribution is 2.76. The van der Waals surface area contributed by atoms with E-state index in [1.165, 1.54) is 12.2 Å². The normalized spacial score (nSPS) is 56.3. The number of rotatable bonds is 2. The fraction of sp³-hybridized carbons (Fsp3) is 0.727. The van der Waals surface area contributed by atoms with E-state index in [4.69, 9.17) is 4.74 Å². The summed E-state index contributed by atoms with van der Waals surface area (Å²) in [4.78, 5) is 24.5. The summed E-state index contributed by atoms with van der Waals surface area (Å²) in [6, 6.07) is 0. The van der Waals surface area contributed by atoms with Gasteiger partial charge in [-0.05, 0) is 61.7 Å². The Bertz CT molecular complexity index is 850. The van der Waals surface area contributed by atoms with Gasteiger partial charge in [-0.1, -0.05) is 19.9 Å². The molecule has 4 fully saturated rings. The Balaban J connectivity index is 1.63. The Kier molecular flexibility index (Phi) is 3.47. The Morgan fingerprint density at radius 3 is 2.71 bits per heavy atom. The molecule has 152 valence electrons. The summed E-state index contributed by atoms with van der Waals surface area (Å²) < 4.78 is 21.6. The minimum atomic E-state index is -1.63. The van der Waals surface area contributed by atoms with Crippen LogP contribution in [0.15, 0.2) is 23.8 Å². The molecule has 5 aliphatic rings. The summed E-state index contributed by atoms with van der Waals surface area (Å²) in [5.74, 6) is -1.32. The zero-order valence-corrected chi connectivity index (χ0v) is 16.4. The predicted molar refractivity (Wildman–Crippen MR) is 98.0 cm³/mol. The van der Waals surface area contributed by atoms with E-state index in [1.54, 1.807) is 6.08 Å². The van der Waals surface area contributed by atoms with Gasteiger partial charge in [-0.3, -0.25) is 9.59 Å². The molecule has 1 saturated heterocycles. The molecule has 5 nitrogen and oxygen atoms in total. The van der Waals surface area contributed by atoms with Crippen molar-refractivity contribution in [3.63, 3.8) is 0 Å². The highest BCUT2D eigenvalue weighted by molar-refractivity contribution is 6.01. The minimum absolute atomic E-state index is 0.0931. The Labute approximate surface area is 163 Å². The number of ketones is 2. The van der Waals surface area contributed by atoms with Gasteiger partial charge in [0.25, 0.3) is 0 Å². The van der Waals surface area contributed by atoms with E-state index in [-0.39, 0.29) is 36.1 Å². The molecule has 1 aliphatic heterocycles. The van der Waals surface area contributed by atoms with Gasteiger partial charge in [-0.15, -0.1) is 0 Å². The Hall–Kier alpha value is -1.37. The van der Waals surface area contributed by atoms with Crippen molar-refractivity contribution in [1.29, 1.82) is 0 Å². The fourth-order valence-corrected chi connectivity index (χ4v) is 7.69. The van der Waals surface area contributed by atoms with E-state index in [0.29, 0.717) is 18.4 Å². The second-order valence-corrected chi connectivity index (χ2v) is 9.96. The van der Waals surface area contributed by atoms with Crippen LogP contribution in [0.1, 0.15) is 40.0 Å². The largest absolute Gasteiger partial charge is 0.388 e. The van der Waals surface area contributed by atoms with E-state index in [2.05, 4.69) is 0 Å². The zero-order valence-electron chi connectivity index (χ0n) is 16.4. The number of allylic oxidation sites excluding steroid dienone is 2. The first-order valence-electron chi connectivity index (χ1n) is 10.2. The van der Waals surface area contributed by atoms with E-state index in [0.717, 1.165) is 0 Å². The summed E-state index contributed by atoms with van der Waals surface area (Å²) in [6.07, 6.45) is 4.58. The lowest BCUT2D eigenvalue weighted by Gasteiger charge is -2.56. The number of fused-ring (bicyclic) bond motifs is 3. The summed E-state index contributed by atoms with van der Waals surface area (Å²) >= 11 is 0. The average molecular weight is 390 g/mol. The Morgan fingerprint density at radius 2 is 2.04 bits per heavy atom. The molecule has 9 atom stereocenters. The number of epoxide rings is 1. The van der Waals surface area contributed by atoms with Crippen molar-refractivity contribution >= 4 is 11.6 Å². The standard InChI is InChI=1S/C22H27FO5/c1-11-6-13-14-8-16(23)15-7-12(25)4-5-19(15,2)22(14)18(28-22)9-20(13,3)21(11,27)17(26)10-24/h4-5,7,11,13-14,16,18,24,27H,6,8-10H2,1-3H3/t11-,13-,14-,16+,18-,19-,20-,21-,22+/m0/s1. The number of hydrogen-bond donors (Lipinski definition) is 2. The molecule has 28 heavy (non-hydrogen) atoms. The minimum Gasteiger partial charge on any atom is -0.388 e. The van der Waals surface area contributed by atoms with Crippen LogP contribution in [0.5, 0.6) is 0 Å². The lowest BCUT2D eigenvalue weighted by molar-refractivity contribution is -0.166. The third-order valence-corrected chi connectivity index (χ3v) is 9.07.